The Kier molecular flexibility index (Phi) is 6.68. The van der Waals surface area contributed by atoms with Gasteiger partial charge in [0, 0.05) is 31.2 Å². The van der Waals surface area contributed by atoms with Crippen LogP contribution in [0.2, 0.25) is 0 Å². The van der Waals surface area contributed by atoms with Crippen molar-refractivity contribution in [1.29, 1.82) is 0 Å². The van der Waals surface area contributed by atoms with Gasteiger partial charge < -0.3 is 15.8 Å². The lowest BCUT2D eigenvalue weighted by atomic mass is 9.99. The van der Waals surface area contributed by atoms with Crippen molar-refractivity contribution in [2.45, 2.75) is 45.3 Å². The van der Waals surface area contributed by atoms with Gasteiger partial charge >= 0.3 is 0 Å². The first-order valence-corrected chi connectivity index (χ1v) is 6.67. The second-order valence-electron chi connectivity index (χ2n) is 4.52. The molecule has 0 aromatic carbocycles. The van der Waals surface area contributed by atoms with E-state index in [9.17, 15) is 0 Å². The quantitative estimate of drug-likeness (QED) is 0.742. The van der Waals surface area contributed by atoms with Crippen molar-refractivity contribution in [3.63, 3.8) is 0 Å². The molecule has 0 aliphatic carbocycles. The summed E-state index contributed by atoms with van der Waals surface area (Å²) >= 11 is 0. The SMILES string of the molecule is CCCNC(Cc1cnccc1N)C(CC)OC. The molecule has 4 nitrogen and oxygen atoms in total. The van der Waals surface area contributed by atoms with Crippen molar-refractivity contribution in [3.05, 3.63) is 24.0 Å². The van der Waals surface area contributed by atoms with E-state index in [1.807, 2.05) is 12.3 Å². The number of hydrogen-bond donors (Lipinski definition) is 2. The highest BCUT2D eigenvalue weighted by molar-refractivity contribution is 5.44. The fourth-order valence-electron chi connectivity index (χ4n) is 2.13. The molecular formula is C14H25N3O. The molecule has 0 aliphatic heterocycles. The van der Waals surface area contributed by atoms with E-state index >= 15 is 0 Å². The Bertz CT molecular complexity index is 340. The largest absolute Gasteiger partial charge is 0.398 e. The summed E-state index contributed by atoms with van der Waals surface area (Å²) in [6, 6.07) is 2.13. The molecule has 0 saturated heterocycles. The van der Waals surface area contributed by atoms with E-state index in [2.05, 4.69) is 24.1 Å². The number of nitrogens with zero attached hydrogens (tertiary/aromatic N) is 1. The number of methoxy groups -OCH3 is 1. The van der Waals surface area contributed by atoms with E-state index in [1.54, 1.807) is 13.3 Å². The summed E-state index contributed by atoms with van der Waals surface area (Å²) in [4.78, 5) is 4.14. The van der Waals surface area contributed by atoms with Gasteiger partial charge in [0.25, 0.3) is 0 Å². The molecule has 0 saturated carbocycles. The van der Waals surface area contributed by atoms with Crippen LogP contribution < -0.4 is 11.1 Å². The van der Waals surface area contributed by atoms with Gasteiger partial charge in [0.15, 0.2) is 0 Å². The molecule has 4 heteroatoms. The molecule has 1 aromatic heterocycles. The molecule has 0 radical (unpaired) electrons. The van der Waals surface area contributed by atoms with Crippen LogP contribution in [0.15, 0.2) is 18.5 Å². The van der Waals surface area contributed by atoms with E-state index in [4.69, 9.17) is 10.5 Å². The Labute approximate surface area is 110 Å². The van der Waals surface area contributed by atoms with Crippen LogP contribution in [0.3, 0.4) is 0 Å². The molecule has 1 aromatic rings. The topological polar surface area (TPSA) is 60.2 Å². The van der Waals surface area contributed by atoms with Crippen LogP contribution in [0.5, 0.6) is 0 Å². The number of pyridine rings is 1. The summed E-state index contributed by atoms with van der Waals surface area (Å²) in [6.45, 7) is 5.29. The maximum atomic E-state index is 5.97. The van der Waals surface area contributed by atoms with Crippen molar-refractivity contribution in [1.82, 2.24) is 10.3 Å². The average molecular weight is 251 g/mol. The summed E-state index contributed by atoms with van der Waals surface area (Å²) < 4.78 is 5.55. The zero-order valence-electron chi connectivity index (χ0n) is 11.6. The average Bonchev–Trinajstić information content (AvgIpc) is 2.39. The number of anilines is 1. The zero-order valence-corrected chi connectivity index (χ0v) is 11.6. The fourth-order valence-corrected chi connectivity index (χ4v) is 2.13. The van der Waals surface area contributed by atoms with E-state index in [0.717, 1.165) is 37.1 Å². The third-order valence-electron chi connectivity index (χ3n) is 3.19. The number of aromatic nitrogens is 1. The van der Waals surface area contributed by atoms with E-state index in [1.165, 1.54) is 0 Å². The van der Waals surface area contributed by atoms with Crippen LogP contribution in [0, 0.1) is 0 Å². The molecule has 18 heavy (non-hydrogen) atoms. The van der Waals surface area contributed by atoms with Gasteiger partial charge in [-0.2, -0.15) is 0 Å². The standard InChI is InChI=1S/C14H25N3O/c1-4-7-17-13(14(5-2)18-3)9-11-10-16-8-6-12(11)15/h6,8,10,13-14,17H,4-5,7,9H2,1-3H3,(H2,15,16). The molecule has 0 amide bonds. The van der Waals surface area contributed by atoms with Gasteiger partial charge in [-0.15, -0.1) is 0 Å². The van der Waals surface area contributed by atoms with Crippen LogP contribution in [-0.2, 0) is 11.2 Å². The Morgan fingerprint density at radius 3 is 2.78 bits per heavy atom. The van der Waals surface area contributed by atoms with Gasteiger partial charge in [0.2, 0.25) is 0 Å². The second kappa shape index (κ2) is 8.06. The maximum Gasteiger partial charge on any atom is 0.0724 e. The number of ether oxygens (including phenoxy) is 1. The first-order valence-electron chi connectivity index (χ1n) is 6.67. The lowest BCUT2D eigenvalue weighted by Crippen LogP contribution is -2.42. The minimum atomic E-state index is 0.205. The molecule has 0 spiro atoms. The van der Waals surface area contributed by atoms with E-state index in [-0.39, 0.29) is 12.1 Å². The normalized spacial score (nSPS) is 14.4. The lowest BCUT2D eigenvalue weighted by molar-refractivity contribution is 0.0654. The monoisotopic (exact) mass is 251 g/mol. The van der Waals surface area contributed by atoms with Gasteiger partial charge in [0.05, 0.1) is 6.10 Å². The van der Waals surface area contributed by atoms with Crippen LogP contribution >= 0.6 is 0 Å². The van der Waals surface area contributed by atoms with E-state index in [0.29, 0.717) is 0 Å². The van der Waals surface area contributed by atoms with Crippen molar-refractivity contribution < 1.29 is 4.74 Å². The summed E-state index contributed by atoms with van der Waals surface area (Å²) in [5.74, 6) is 0. The maximum absolute atomic E-state index is 5.97. The summed E-state index contributed by atoms with van der Waals surface area (Å²) in [6.07, 6.45) is 6.72. The molecule has 1 rings (SSSR count). The van der Waals surface area contributed by atoms with Gasteiger partial charge in [-0.3, -0.25) is 4.98 Å². The van der Waals surface area contributed by atoms with Crippen molar-refractivity contribution >= 4 is 5.69 Å². The Morgan fingerprint density at radius 2 is 2.22 bits per heavy atom. The first kappa shape index (κ1) is 14.9. The Morgan fingerprint density at radius 1 is 1.44 bits per heavy atom. The molecule has 1 heterocycles. The third kappa shape index (κ3) is 4.27. The third-order valence-corrected chi connectivity index (χ3v) is 3.19. The predicted octanol–water partition coefficient (Wildman–Crippen LogP) is 2.00. The van der Waals surface area contributed by atoms with Gasteiger partial charge in [-0.05, 0) is 37.4 Å². The van der Waals surface area contributed by atoms with Crippen molar-refractivity contribution in [3.8, 4) is 0 Å². The van der Waals surface area contributed by atoms with Crippen LogP contribution in [-0.4, -0.2) is 30.8 Å². The molecule has 2 unspecified atom stereocenters. The number of rotatable bonds is 8. The number of nitrogen functional groups attached to an aromatic ring is 1. The minimum Gasteiger partial charge on any atom is -0.398 e. The Balaban J connectivity index is 2.74. The lowest BCUT2D eigenvalue weighted by Gasteiger charge is -2.26. The van der Waals surface area contributed by atoms with Gasteiger partial charge in [-0.1, -0.05) is 13.8 Å². The van der Waals surface area contributed by atoms with Crippen molar-refractivity contribution in [2.24, 2.45) is 0 Å². The van der Waals surface area contributed by atoms with Gasteiger partial charge in [-0.25, -0.2) is 0 Å². The highest BCUT2D eigenvalue weighted by Crippen LogP contribution is 2.15. The summed E-state index contributed by atoms with van der Waals surface area (Å²) in [5.41, 5.74) is 7.86. The highest BCUT2D eigenvalue weighted by Gasteiger charge is 2.20. The summed E-state index contributed by atoms with van der Waals surface area (Å²) in [5, 5.41) is 3.54. The van der Waals surface area contributed by atoms with Crippen LogP contribution in [0.1, 0.15) is 32.3 Å². The number of nitrogens with two attached hydrogens (primary N) is 1. The molecule has 0 fully saturated rings. The van der Waals surface area contributed by atoms with E-state index < -0.39 is 0 Å². The second-order valence-corrected chi connectivity index (χ2v) is 4.52. The van der Waals surface area contributed by atoms with Crippen LogP contribution in [0.25, 0.3) is 0 Å². The predicted molar refractivity (Wildman–Crippen MR) is 75.5 cm³/mol. The molecule has 2 atom stereocenters. The van der Waals surface area contributed by atoms with Crippen molar-refractivity contribution in [2.75, 3.05) is 19.4 Å². The van der Waals surface area contributed by atoms with Crippen LogP contribution in [0.4, 0.5) is 5.69 Å². The first-order chi connectivity index (χ1) is 8.72. The number of nitrogens with one attached hydrogen (secondary N) is 1. The van der Waals surface area contributed by atoms with Gasteiger partial charge in [0.1, 0.15) is 0 Å². The molecule has 102 valence electrons. The zero-order chi connectivity index (χ0) is 13.4. The molecule has 3 N–H and O–H groups in total. The smallest absolute Gasteiger partial charge is 0.0724 e. The number of hydrogen-bond acceptors (Lipinski definition) is 4. The fraction of sp³-hybridized carbons (Fsp3) is 0.643. The molecular weight excluding hydrogens is 226 g/mol. The Hall–Kier alpha value is -1.13. The molecule has 0 bridgehead atoms. The highest BCUT2D eigenvalue weighted by atomic mass is 16.5. The summed E-state index contributed by atoms with van der Waals surface area (Å²) in [7, 11) is 1.77. The molecule has 0 aliphatic rings. The minimum absolute atomic E-state index is 0.205.